The van der Waals surface area contributed by atoms with Crippen LogP contribution in [0.3, 0.4) is 0 Å². The maximum absolute atomic E-state index is 12.9. The third-order valence-electron chi connectivity index (χ3n) is 6.86. The van der Waals surface area contributed by atoms with Crippen LogP contribution >= 0.6 is 23.6 Å². The van der Waals surface area contributed by atoms with Gasteiger partial charge in [-0.1, -0.05) is 58.9 Å². The third-order valence-corrected chi connectivity index (χ3v) is 8.23. The first-order valence-electron chi connectivity index (χ1n) is 12.3. The second-order valence-electron chi connectivity index (χ2n) is 11.0. The highest BCUT2D eigenvalue weighted by Gasteiger charge is 2.34. The van der Waals surface area contributed by atoms with Crippen LogP contribution in [0.2, 0.25) is 0 Å². The molecule has 35 heavy (non-hydrogen) atoms. The average molecular weight is 515 g/mol. The van der Waals surface area contributed by atoms with Gasteiger partial charge in [0.1, 0.15) is 5.00 Å². The van der Waals surface area contributed by atoms with Gasteiger partial charge in [0.2, 0.25) is 5.91 Å². The van der Waals surface area contributed by atoms with Crippen LogP contribution in [-0.4, -0.2) is 24.1 Å². The fourth-order valence-electron chi connectivity index (χ4n) is 4.65. The molecule has 0 bridgehead atoms. The molecule has 0 radical (unpaired) electrons. The number of carbonyl (C=O) groups excluding carboxylic acids is 2. The highest BCUT2D eigenvalue weighted by Crippen LogP contribution is 2.44. The molecule has 1 aliphatic carbocycles. The van der Waals surface area contributed by atoms with Gasteiger partial charge in [-0.15, -0.1) is 11.3 Å². The molecule has 1 aromatic carbocycles. The van der Waals surface area contributed by atoms with E-state index in [2.05, 4.69) is 57.4 Å². The van der Waals surface area contributed by atoms with Crippen molar-refractivity contribution in [1.29, 1.82) is 0 Å². The number of anilines is 1. The van der Waals surface area contributed by atoms with Crippen LogP contribution in [0.5, 0.6) is 0 Å². The number of esters is 1. The maximum atomic E-state index is 12.9. The van der Waals surface area contributed by atoms with Crippen LogP contribution < -0.4 is 10.6 Å². The molecule has 0 fully saturated rings. The lowest BCUT2D eigenvalue weighted by Gasteiger charge is -2.33. The number of nitrogens with one attached hydrogen (secondary N) is 2. The minimum Gasteiger partial charge on any atom is -0.465 e. The maximum Gasteiger partial charge on any atom is 0.341 e. The Kier molecular flexibility index (Phi) is 8.76. The van der Waals surface area contributed by atoms with Gasteiger partial charge in [0.25, 0.3) is 0 Å². The van der Waals surface area contributed by atoms with Crippen molar-refractivity contribution in [3.63, 3.8) is 0 Å². The van der Waals surface area contributed by atoms with Crippen LogP contribution in [0.15, 0.2) is 24.3 Å². The highest BCUT2D eigenvalue weighted by molar-refractivity contribution is 7.80. The summed E-state index contributed by atoms with van der Waals surface area (Å²) in [6.45, 7) is 13.0. The number of rotatable bonds is 6. The van der Waals surface area contributed by atoms with Crippen LogP contribution in [0.25, 0.3) is 0 Å². The molecule has 0 aliphatic heterocycles. The van der Waals surface area contributed by atoms with E-state index >= 15 is 0 Å². The number of amides is 1. The molecule has 190 valence electrons. The molecule has 0 spiro atoms. The van der Waals surface area contributed by atoms with Gasteiger partial charge in [0, 0.05) is 4.88 Å². The van der Waals surface area contributed by atoms with E-state index in [4.69, 9.17) is 17.0 Å². The van der Waals surface area contributed by atoms with E-state index in [1.165, 1.54) is 17.6 Å². The third kappa shape index (κ3) is 6.70. The van der Waals surface area contributed by atoms with Crippen LogP contribution in [0.4, 0.5) is 5.00 Å². The van der Waals surface area contributed by atoms with Crippen molar-refractivity contribution in [2.24, 2.45) is 17.3 Å². The summed E-state index contributed by atoms with van der Waals surface area (Å²) in [5.74, 6) is 0.219. The molecule has 2 unspecified atom stereocenters. The lowest BCUT2D eigenvalue weighted by Crippen LogP contribution is -2.36. The summed E-state index contributed by atoms with van der Waals surface area (Å²) in [5, 5.41) is 6.76. The van der Waals surface area contributed by atoms with Gasteiger partial charge in [-0.3, -0.25) is 4.79 Å². The number of hydrogen-bond donors (Lipinski definition) is 2. The van der Waals surface area contributed by atoms with Gasteiger partial charge in [0.15, 0.2) is 5.11 Å². The first kappa shape index (κ1) is 27.3. The Morgan fingerprint density at radius 1 is 1.17 bits per heavy atom. The Morgan fingerprint density at radius 2 is 1.83 bits per heavy atom. The molecular formula is C28H38N2O3S2. The van der Waals surface area contributed by atoms with Crippen LogP contribution in [-0.2, 0) is 28.8 Å². The fourth-order valence-corrected chi connectivity index (χ4v) is 6.24. The minimum absolute atomic E-state index is 0.187. The molecule has 1 aromatic heterocycles. The lowest BCUT2D eigenvalue weighted by atomic mass is 9.72. The Labute approximate surface area is 219 Å². The number of fused-ring (bicyclic) bond motifs is 1. The van der Waals surface area contributed by atoms with Gasteiger partial charge in [-0.05, 0) is 78.8 Å². The summed E-state index contributed by atoms with van der Waals surface area (Å²) in [7, 11) is 1.39. The number of benzene rings is 1. The summed E-state index contributed by atoms with van der Waals surface area (Å²) < 4.78 is 5.08. The van der Waals surface area contributed by atoms with Gasteiger partial charge >= 0.3 is 5.97 Å². The van der Waals surface area contributed by atoms with Crippen molar-refractivity contribution in [2.75, 3.05) is 12.4 Å². The standard InChI is InChI=1S/C28H38N2O3S2/c1-16(2)14-18-8-10-19(11-9-18)17(3)24(31)29-27(34)30-25-23(26(32)33-7)21-13-12-20(28(4,5)6)15-22(21)35-25/h8-11,16-17,20H,12-15H2,1-7H3,(H2,29,30,31,34). The zero-order chi connectivity index (χ0) is 25.9. The number of ether oxygens (including phenoxy) is 1. The fraction of sp³-hybridized carbons (Fsp3) is 0.536. The smallest absolute Gasteiger partial charge is 0.341 e. The number of methoxy groups -OCH3 is 1. The van der Waals surface area contributed by atoms with Crippen LogP contribution in [0, 0.1) is 17.3 Å². The van der Waals surface area contributed by atoms with Gasteiger partial charge in [0.05, 0.1) is 18.6 Å². The van der Waals surface area contributed by atoms with E-state index in [0.29, 0.717) is 22.4 Å². The average Bonchev–Trinajstić information content (AvgIpc) is 3.14. The van der Waals surface area contributed by atoms with Gasteiger partial charge < -0.3 is 15.4 Å². The summed E-state index contributed by atoms with van der Waals surface area (Å²) in [4.78, 5) is 26.8. The van der Waals surface area contributed by atoms with E-state index < -0.39 is 0 Å². The van der Waals surface area contributed by atoms with E-state index in [1.54, 1.807) is 11.3 Å². The predicted molar refractivity (Wildman–Crippen MR) is 148 cm³/mol. The zero-order valence-electron chi connectivity index (χ0n) is 21.9. The van der Waals surface area contributed by atoms with Crippen molar-refractivity contribution in [3.05, 3.63) is 51.4 Å². The first-order valence-corrected chi connectivity index (χ1v) is 13.6. The summed E-state index contributed by atoms with van der Waals surface area (Å²) in [6, 6.07) is 8.18. The second-order valence-corrected chi connectivity index (χ2v) is 12.5. The van der Waals surface area contributed by atoms with Crippen molar-refractivity contribution < 1.29 is 14.3 Å². The Morgan fingerprint density at radius 3 is 2.40 bits per heavy atom. The van der Waals surface area contributed by atoms with Crippen molar-refractivity contribution in [1.82, 2.24) is 5.32 Å². The van der Waals surface area contributed by atoms with Gasteiger partial charge in [-0.2, -0.15) is 0 Å². The molecule has 7 heteroatoms. The second kappa shape index (κ2) is 11.2. The number of carbonyl (C=O) groups is 2. The summed E-state index contributed by atoms with van der Waals surface area (Å²) in [6.07, 6.45) is 3.81. The Hall–Kier alpha value is -2.25. The summed E-state index contributed by atoms with van der Waals surface area (Å²) in [5.41, 5.74) is 4.00. The Bertz CT molecular complexity index is 1080. The molecule has 1 heterocycles. The largest absolute Gasteiger partial charge is 0.465 e. The van der Waals surface area contributed by atoms with E-state index in [0.717, 1.165) is 36.8 Å². The van der Waals surface area contributed by atoms with E-state index in [-0.39, 0.29) is 28.3 Å². The SMILES string of the molecule is COC(=O)c1c(NC(=S)NC(=O)C(C)c2ccc(CC(C)C)cc2)sc2c1CCC(C(C)(C)C)C2. The molecule has 1 amide bonds. The molecule has 2 atom stereocenters. The number of thiophene rings is 1. The van der Waals surface area contributed by atoms with Crippen molar-refractivity contribution >= 4 is 45.5 Å². The van der Waals surface area contributed by atoms with Crippen molar-refractivity contribution in [3.8, 4) is 0 Å². The molecule has 3 rings (SSSR count). The highest BCUT2D eigenvalue weighted by atomic mass is 32.1. The van der Waals surface area contributed by atoms with Crippen molar-refractivity contribution in [2.45, 2.75) is 73.1 Å². The first-order chi connectivity index (χ1) is 16.4. The topological polar surface area (TPSA) is 67.4 Å². The zero-order valence-corrected chi connectivity index (χ0v) is 23.5. The number of hydrogen-bond acceptors (Lipinski definition) is 5. The molecule has 0 saturated heterocycles. The Balaban J connectivity index is 1.72. The quantitative estimate of drug-likeness (QED) is 0.340. The summed E-state index contributed by atoms with van der Waals surface area (Å²) >= 11 is 7.01. The normalized spacial score (nSPS) is 16.4. The molecule has 2 aromatic rings. The lowest BCUT2D eigenvalue weighted by molar-refractivity contribution is -0.120. The van der Waals surface area contributed by atoms with E-state index in [1.807, 2.05) is 19.1 Å². The minimum atomic E-state index is -0.372. The molecule has 2 N–H and O–H groups in total. The monoisotopic (exact) mass is 514 g/mol. The molecular weight excluding hydrogens is 476 g/mol. The van der Waals surface area contributed by atoms with Gasteiger partial charge in [-0.25, -0.2) is 4.79 Å². The van der Waals surface area contributed by atoms with Crippen LogP contribution in [0.1, 0.15) is 85.8 Å². The molecule has 5 nitrogen and oxygen atoms in total. The number of thiocarbonyl (C=S) groups is 1. The predicted octanol–water partition coefficient (Wildman–Crippen LogP) is 6.50. The van der Waals surface area contributed by atoms with E-state index in [9.17, 15) is 9.59 Å². The molecule has 1 aliphatic rings. The molecule has 0 saturated carbocycles.